The van der Waals surface area contributed by atoms with Crippen LogP contribution < -0.4 is 10.2 Å². The second kappa shape index (κ2) is 8.22. The number of anilines is 1. The highest BCUT2D eigenvalue weighted by molar-refractivity contribution is 6.00. The Balaban J connectivity index is 1.45. The van der Waals surface area contributed by atoms with Crippen LogP contribution in [0.4, 0.5) is 5.69 Å². The Hall–Kier alpha value is -3.54. The molecule has 3 aromatic rings. The van der Waals surface area contributed by atoms with Gasteiger partial charge in [-0.05, 0) is 19.1 Å². The number of carbonyl (C=O) groups is 2. The van der Waals surface area contributed by atoms with Crippen LogP contribution in [-0.2, 0) is 4.79 Å². The quantitative estimate of drug-likeness (QED) is 0.730. The van der Waals surface area contributed by atoms with E-state index in [1.165, 1.54) is 0 Å². The van der Waals surface area contributed by atoms with E-state index in [4.69, 9.17) is 0 Å². The van der Waals surface area contributed by atoms with Crippen LogP contribution in [0, 0.1) is 12.8 Å². The van der Waals surface area contributed by atoms with E-state index in [0.29, 0.717) is 36.6 Å². The molecule has 1 aliphatic heterocycles. The van der Waals surface area contributed by atoms with Gasteiger partial charge in [0.2, 0.25) is 5.91 Å². The van der Waals surface area contributed by atoms with Crippen molar-refractivity contribution in [2.75, 3.05) is 18.0 Å². The molecule has 4 rings (SSSR count). The third-order valence-electron chi connectivity index (χ3n) is 5.03. The molecule has 6 heteroatoms. The van der Waals surface area contributed by atoms with E-state index in [1.807, 2.05) is 60.7 Å². The van der Waals surface area contributed by atoms with Crippen molar-refractivity contribution in [3.63, 3.8) is 0 Å². The summed E-state index contributed by atoms with van der Waals surface area (Å²) < 4.78 is 0. The molecule has 2 heterocycles. The molecule has 0 radical (unpaired) electrons. The Bertz CT molecular complexity index is 1020. The molecule has 1 fully saturated rings. The molecule has 1 aromatic heterocycles. The predicted molar refractivity (Wildman–Crippen MR) is 111 cm³/mol. The van der Waals surface area contributed by atoms with Crippen LogP contribution in [0.2, 0.25) is 0 Å². The number of nitrogens with zero attached hydrogens (tertiary/aromatic N) is 3. The van der Waals surface area contributed by atoms with Crippen molar-refractivity contribution in [3.05, 3.63) is 78.2 Å². The van der Waals surface area contributed by atoms with Gasteiger partial charge in [0, 0.05) is 42.9 Å². The maximum absolute atomic E-state index is 12.9. The van der Waals surface area contributed by atoms with Gasteiger partial charge in [0.25, 0.3) is 5.91 Å². The monoisotopic (exact) mass is 386 g/mol. The van der Waals surface area contributed by atoms with Gasteiger partial charge in [0.05, 0.1) is 11.3 Å². The van der Waals surface area contributed by atoms with Gasteiger partial charge in [0.1, 0.15) is 5.82 Å². The Morgan fingerprint density at radius 1 is 1.10 bits per heavy atom. The van der Waals surface area contributed by atoms with Crippen molar-refractivity contribution >= 4 is 17.5 Å². The average Bonchev–Trinajstić information content (AvgIpc) is 3.14. The van der Waals surface area contributed by atoms with Crippen LogP contribution in [0.5, 0.6) is 0 Å². The van der Waals surface area contributed by atoms with Gasteiger partial charge in [-0.2, -0.15) is 0 Å². The number of aromatic nitrogens is 2. The molecule has 0 aliphatic carbocycles. The number of benzene rings is 2. The number of hydrogen-bond donors (Lipinski definition) is 1. The van der Waals surface area contributed by atoms with Gasteiger partial charge in [-0.25, -0.2) is 9.97 Å². The minimum Gasteiger partial charge on any atom is -0.352 e. The highest BCUT2D eigenvalue weighted by Crippen LogP contribution is 2.25. The fourth-order valence-corrected chi connectivity index (χ4v) is 3.56. The number of carbonyl (C=O) groups excluding carboxylic acids is 2. The van der Waals surface area contributed by atoms with Crippen LogP contribution in [0.1, 0.15) is 22.6 Å². The summed E-state index contributed by atoms with van der Waals surface area (Å²) in [5, 5.41) is 2.97. The summed E-state index contributed by atoms with van der Waals surface area (Å²) in [5.74, 6) is 0.534. The summed E-state index contributed by atoms with van der Waals surface area (Å²) in [5.41, 5.74) is 2.81. The maximum atomic E-state index is 12.9. The van der Waals surface area contributed by atoms with E-state index in [1.54, 1.807) is 18.0 Å². The van der Waals surface area contributed by atoms with Gasteiger partial charge in [-0.15, -0.1) is 0 Å². The summed E-state index contributed by atoms with van der Waals surface area (Å²) in [6.45, 7) is 2.82. The Kier molecular flexibility index (Phi) is 5.33. The highest BCUT2D eigenvalue weighted by Gasteiger charge is 2.31. The van der Waals surface area contributed by atoms with E-state index < -0.39 is 0 Å². The first-order chi connectivity index (χ1) is 14.1. The zero-order chi connectivity index (χ0) is 20.2. The molecule has 0 saturated carbocycles. The molecule has 6 nitrogen and oxygen atoms in total. The molecule has 0 bridgehead atoms. The van der Waals surface area contributed by atoms with Crippen molar-refractivity contribution in [2.24, 2.45) is 5.92 Å². The van der Waals surface area contributed by atoms with Crippen LogP contribution in [0.25, 0.3) is 11.3 Å². The standard InChI is InChI=1S/C23H22N4O2/c1-16-24-14-20(22(26-16)18-8-4-2-5-9-18)23(29)25-13-17-12-21(28)27(15-17)19-10-6-3-7-11-19/h2-11,14,17H,12-13,15H2,1H3,(H,25,29)/t17-/m1/s1. The second-order valence-electron chi connectivity index (χ2n) is 7.17. The molecular weight excluding hydrogens is 364 g/mol. The number of rotatable bonds is 5. The lowest BCUT2D eigenvalue weighted by Gasteiger charge is -2.17. The molecule has 1 aliphatic rings. The largest absolute Gasteiger partial charge is 0.352 e. The molecule has 1 saturated heterocycles. The van der Waals surface area contributed by atoms with E-state index in [9.17, 15) is 9.59 Å². The number of amides is 2. The third kappa shape index (κ3) is 4.16. The van der Waals surface area contributed by atoms with Gasteiger partial charge < -0.3 is 10.2 Å². The number of hydrogen-bond acceptors (Lipinski definition) is 4. The topological polar surface area (TPSA) is 75.2 Å². The minimum atomic E-state index is -0.227. The van der Waals surface area contributed by atoms with Crippen molar-refractivity contribution in [2.45, 2.75) is 13.3 Å². The predicted octanol–water partition coefficient (Wildman–Crippen LogP) is 3.23. The lowest BCUT2D eigenvalue weighted by molar-refractivity contribution is -0.117. The van der Waals surface area contributed by atoms with Crippen LogP contribution in [-0.4, -0.2) is 34.9 Å². The average molecular weight is 386 g/mol. The zero-order valence-corrected chi connectivity index (χ0v) is 16.2. The summed E-state index contributed by atoms with van der Waals surface area (Å²) >= 11 is 0. The molecule has 29 heavy (non-hydrogen) atoms. The van der Waals surface area contributed by atoms with Gasteiger partial charge in [-0.3, -0.25) is 9.59 Å². The van der Waals surface area contributed by atoms with Crippen LogP contribution in [0.3, 0.4) is 0 Å². The Morgan fingerprint density at radius 2 is 1.79 bits per heavy atom. The summed E-state index contributed by atoms with van der Waals surface area (Å²) in [6, 6.07) is 19.2. The fraction of sp³-hybridized carbons (Fsp3) is 0.217. The molecule has 146 valence electrons. The Morgan fingerprint density at radius 3 is 2.52 bits per heavy atom. The van der Waals surface area contributed by atoms with E-state index >= 15 is 0 Å². The molecule has 0 spiro atoms. The maximum Gasteiger partial charge on any atom is 0.255 e. The first-order valence-electron chi connectivity index (χ1n) is 9.64. The molecule has 0 unspecified atom stereocenters. The summed E-state index contributed by atoms with van der Waals surface area (Å²) in [7, 11) is 0. The van der Waals surface area contributed by atoms with Gasteiger partial charge in [0.15, 0.2) is 0 Å². The normalized spacial score (nSPS) is 16.1. The van der Waals surface area contributed by atoms with Crippen molar-refractivity contribution in [3.8, 4) is 11.3 Å². The van der Waals surface area contributed by atoms with Gasteiger partial charge >= 0.3 is 0 Å². The molecule has 1 atom stereocenters. The van der Waals surface area contributed by atoms with E-state index in [0.717, 1.165) is 11.3 Å². The number of para-hydroxylation sites is 1. The smallest absolute Gasteiger partial charge is 0.255 e. The minimum absolute atomic E-state index is 0.0678. The highest BCUT2D eigenvalue weighted by atomic mass is 16.2. The first kappa shape index (κ1) is 18.8. The third-order valence-corrected chi connectivity index (χ3v) is 5.03. The lowest BCUT2D eigenvalue weighted by Crippen LogP contribution is -2.31. The number of nitrogens with one attached hydrogen (secondary N) is 1. The van der Waals surface area contributed by atoms with Crippen molar-refractivity contribution in [1.82, 2.24) is 15.3 Å². The van der Waals surface area contributed by atoms with Crippen molar-refractivity contribution in [1.29, 1.82) is 0 Å². The first-order valence-corrected chi connectivity index (χ1v) is 9.64. The SMILES string of the molecule is Cc1ncc(C(=O)NC[C@H]2CC(=O)N(c3ccccc3)C2)c(-c2ccccc2)n1. The fourth-order valence-electron chi connectivity index (χ4n) is 3.56. The molecular formula is C23H22N4O2. The van der Waals surface area contributed by atoms with Gasteiger partial charge in [-0.1, -0.05) is 48.5 Å². The van der Waals surface area contributed by atoms with E-state index in [-0.39, 0.29) is 17.7 Å². The van der Waals surface area contributed by atoms with Crippen molar-refractivity contribution < 1.29 is 9.59 Å². The molecule has 2 amide bonds. The summed E-state index contributed by atoms with van der Waals surface area (Å²) in [4.78, 5) is 35.7. The molecule has 1 N–H and O–H groups in total. The second-order valence-corrected chi connectivity index (χ2v) is 7.17. The Labute approximate surface area is 169 Å². The van der Waals surface area contributed by atoms with E-state index in [2.05, 4.69) is 15.3 Å². The summed E-state index contributed by atoms with van der Waals surface area (Å²) in [6.07, 6.45) is 1.99. The number of aryl methyl sites for hydroxylation is 1. The lowest BCUT2D eigenvalue weighted by atomic mass is 10.1. The van der Waals surface area contributed by atoms with Crippen LogP contribution in [0.15, 0.2) is 66.9 Å². The zero-order valence-electron chi connectivity index (χ0n) is 16.2. The van der Waals surface area contributed by atoms with Crippen LogP contribution >= 0.6 is 0 Å². The molecule has 2 aromatic carbocycles.